The number of amides is 1. The molecule has 0 aliphatic rings. The van der Waals surface area contributed by atoms with Crippen molar-refractivity contribution < 1.29 is 13.6 Å². The Balaban J connectivity index is 1.90. The Kier molecular flexibility index (Phi) is 6.72. The molecule has 0 radical (unpaired) electrons. The number of hydrogen-bond acceptors (Lipinski definition) is 4. The lowest BCUT2D eigenvalue weighted by Crippen LogP contribution is -2.20. The van der Waals surface area contributed by atoms with Crippen molar-refractivity contribution in [2.75, 3.05) is 0 Å². The summed E-state index contributed by atoms with van der Waals surface area (Å²) in [4.78, 5) is 21.1. The molecule has 6 nitrogen and oxygen atoms in total. The molecule has 5 rings (SSSR count). The molecule has 0 bridgehead atoms. The van der Waals surface area contributed by atoms with Gasteiger partial charge in [0.1, 0.15) is 11.6 Å². The predicted molar refractivity (Wildman–Crippen MR) is 139 cm³/mol. The SMILES string of the molecule is CCCC(CC(N)=O)n1ncc2c(-c3ccc(F)cc3)c(-c3ccncc3)c(-c3ccc(F)cc3)nc21. The third-order valence-electron chi connectivity index (χ3n) is 6.37. The third-order valence-corrected chi connectivity index (χ3v) is 6.37. The second-order valence-corrected chi connectivity index (χ2v) is 8.90. The standard InChI is InChI=1S/C29H25F2N5O/c1-2-3-23(16-25(32)37)36-29-24(17-34-36)26(18-4-8-21(30)9-5-18)27(19-12-14-33-15-13-19)28(35-29)20-6-10-22(31)11-7-20/h4-15,17,23H,2-3,16H2,1H3,(H2,32,37). The summed E-state index contributed by atoms with van der Waals surface area (Å²) in [6, 6.07) is 15.9. The molecule has 8 heteroatoms. The van der Waals surface area contributed by atoms with Crippen LogP contribution >= 0.6 is 0 Å². The van der Waals surface area contributed by atoms with Crippen molar-refractivity contribution in [2.24, 2.45) is 5.73 Å². The average Bonchev–Trinajstić information content (AvgIpc) is 3.32. The van der Waals surface area contributed by atoms with Gasteiger partial charge in [-0.05, 0) is 66.1 Å². The van der Waals surface area contributed by atoms with Gasteiger partial charge in [0, 0.05) is 40.9 Å². The van der Waals surface area contributed by atoms with E-state index in [4.69, 9.17) is 10.7 Å². The largest absolute Gasteiger partial charge is 0.370 e. The summed E-state index contributed by atoms with van der Waals surface area (Å²) in [6.45, 7) is 2.03. The molecule has 37 heavy (non-hydrogen) atoms. The molecule has 0 spiro atoms. The van der Waals surface area contributed by atoms with Crippen molar-refractivity contribution in [1.29, 1.82) is 0 Å². The van der Waals surface area contributed by atoms with Crippen LogP contribution in [0.1, 0.15) is 32.2 Å². The Morgan fingerprint density at radius 2 is 1.49 bits per heavy atom. The van der Waals surface area contributed by atoms with E-state index in [0.29, 0.717) is 23.3 Å². The maximum atomic E-state index is 13.9. The normalized spacial score (nSPS) is 12.1. The fraction of sp³-hybridized carbons (Fsp3) is 0.172. The van der Waals surface area contributed by atoms with Gasteiger partial charge < -0.3 is 5.73 Å². The van der Waals surface area contributed by atoms with Gasteiger partial charge in [-0.25, -0.2) is 18.4 Å². The number of nitrogens with two attached hydrogens (primary N) is 1. The van der Waals surface area contributed by atoms with Crippen molar-refractivity contribution in [3.05, 3.63) is 90.9 Å². The smallest absolute Gasteiger partial charge is 0.219 e. The molecule has 5 aromatic rings. The van der Waals surface area contributed by atoms with Crippen LogP contribution in [-0.4, -0.2) is 25.7 Å². The van der Waals surface area contributed by atoms with E-state index in [1.807, 2.05) is 19.1 Å². The summed E-state index contributed by atoms with van der Waals surface area (Å²) in [5, 5.41) is 5.40. The Morgan fingerprint density at radius 1 is 0.892 bits per heavy atom. The maximum absolute atomic E-state index is 13.9. The molecule has 0 saturated carbocycles. The van der Waals surface area contributed by atoms with Crippen LogP contribution < -0.4 is 5.73 Å². The Labute approximate surface area is 212 Å². The summed E-state index contributed by atoms with van der Waals surface area (Å²) in [5.74, 6) is -1.13. The first-order valence-corrected chi connectivity index (χ1v) is 12.1. The van der Waals surface area contributed by atoms with E-state index in [1.165, 1.54) is 24.3 Å². The molecule has 1 unspecified atom stereocenters. The zero-order valence-electron chi connectivity index (χ0n) is 20.2. The van der Waals surface area contributed by atoms with Crippen molar-refractivity contribution in [2.45, 2.75) is 32.2 Å². The number of primary amides is 1. The first kappa shape index (κ1) is 24.2. The molecule has 0 saturated heterocycles. The highest BCUT2D eigenvalue weighted by Crippen LogP contribution is 2.43. The number of carbonyl (C=O) groups excluding carboxylic acids is 1. The van der Waals surface area contributed by atoms with Crippen LogP contribution in [0.2, 0.25) is 0 Å². The van der Waals surface area contributed by atoms with Crippen molar-refractivity contribution in [3.63, 3.8) is 0 Å². The minimum absolute atomic E-state index is 0.121. The van der Waals surface area contributed by atoms with Gasteiger partial charge in [-0.15, -0.1) is 0 Å². The minimum Gasteiger partial charge on any atom is -0.370 e. The van der Waals surface area contributed by atoms with E-state index in [0.717, 1.165) is 34.1 Å². The highest BCUT2D eigenvalue weighted by atomic mass is 19.1. The van der Waals surface area contributed by atoms with Gasteiger partial charge in [0.25, 0.3) is 0 Å². The Bertz CT molecular complexity index is 1550. The monoisotopic (exact) mass is 497 g/mol. The molecule has 0 fully saturated rings. The van der Waals surface area contributed by atoms with Gasteiger partial charge in [-0.2, -0.15) is 5.10 Å². The first-order valence-electron chi connectivity index (χ1n) is 12.1. The van der Waals surface area contributed by atoms with Crippen LogP contribution in [-0.2, 0) is 4.79 Å². The lowest BCUT2D eigenvalue weighted by molar-refractivity contribution is -0.118. The average molecular weight is 498 g/mol. The molecular formula is C29H25F2N5O. The molecule has 3 heterocycles. The van der Waals surface area contributed by atoms with Crippen LogP contribution in [0, 0.1) is 11.6 Å². The summed E-state index contributed by atoms with van der Waals surface area (Å²) in [5.41, 5.74) is 10.6. The van der Waals surface area contributed by atoms with Gasteiger partial charge in [0.15, 0.2) is 5.65 Å². The van der Waals surface area contributed by atoms with Crippen LogP contribution in [0.3, 0.4) is 0 Å². The molecule has 3 aromatic heterocycles. The van der Waals surface area contributed by atoms with Crippen LogP contribution in [0.25, 0.3) is 44.5 Å². The van der Waals surface area contributed by atoms with Gasteiger partial charge in [0.2, 0.25) is 5.91 Å². The van der Waals surface area contributed by atoms with Gasteiger partial charge >= 0.3 is 0 Å². The number of nitrogens with zero attached hydrogens (tertiary/aromatic N) is 4. The molecule has 1 atom stereocenters. The van der Waals surface area contributed by atoms with Crippen LogP contribution in [0.15, 0.2) is 79.3 Å². The zero-order chi connectivity index (χ0) is 25.9. The number of benzene rings is 2. The van der Waals surface area contributed by atoms with E-state index in [1.54, 1.807) is 47.5 Å². The lowest BCUT2D eigenvalue weighted by atomic mass is 9.89. The number of rotatable bonds is 8. The van der Waals surface area contributed by atoms with E-state index in [2.05, 4.69) is 10.1 Å². The number of halogens is 2. The number of pyridine rings is 2. The zero-order valence-corrected chi connectivity index (χ0v) is 20.2. The summed E-state index contributed by atoms with van der Waals surface area (Å²) in [6.07, 6.45) is 6.74. The first-order chi connectivity index (χ1) is 18.0. The molecular weight excluding hydrogens is 472 g/mol. The lowest BCUT2D eigenvalue weighted by Gasteiger charge is -2.19. The molecule has 0 aliphatic heterocycles. The second-order valence-electron chi connectivity index (χ2n) is 8.90. The maximum Gasteiger partial charge on any atom is 0.219 e. The van der Waals surface area contributed by atoms with E-state index < -0.39 is 5.91 Å². The molecule has 2 aromatic carbocycles. The Hall–Kier alpha value is -4.46. The summed E-state index contributed by atoms with van der Waals surface area (Å²) in [7, 11) is 0. The van der Waals surface area contributed by atoms with E-state index in [9.17, 15) is 13.6 Å². The quantitative estimate of drug-likeness (QED) is 0.272. The molecule has 0 aliphatic carbocycles. The third kappa shape index (κ3) is 4.82. The predicted octanol–water partition coefficient (Wildman–Crippen LogP) is 6.32. The minimum atomic E-state index is -0.423. The highest BCUT2D eigenvalue weighted by molar-refractivity contribution is 6.06. The number of carbonyl (C=O) groups is 1. The number of aromatic nitrogens is 4. The summed E-state index contributed by atoms with van der Waals surface area (Å²) < 4.78 is 29.5. The fourth-order valence-corrected chi connectivity index (χ4v) is 4.73. The highest BCUT2D eigenvalue weighted by Gasteiger charge is 2.25. The fourth-order valence-electron chi connectivity index (χ4n) is 4.73. The van der Waals surface area contributed by atoms with E-state index in [-0.39, 0.29) is 24.1 Å². The molecule has 2 N–H and O–H groups in total. The van der Waals surface area contributed by atoms with Crippen molar-refractivity contribution in [3.8, 4) is 33.5 Å². The Morgan fingerprint density at radius 3 is 2.08 bits per heavy atom. The second kappa shape index (κ2) is 10.3. The van der Waals surface area contributed by atoms with Gasteiger partial charge in [0.05, 0.1) is 17.9 Å². The summed E-state index contributed by atoms with van der Waals surface area (Å²) >= 11 is 0. The van der Waals surface area contributed by atoms with Crippen molar-refractivity contribution in [1.82, 2.24) is 19.7 Å². The topological polar surface area (TPSA) is 86.7 Å². The van der Waals surface area contributed by atoms with Gasteiger partial charge in [-0.1, -0.05) is 25.5 Å². The van der Waals surface area contributed by atoms with Crippen molar-refractivity contribution >= 4 is 16.9 Å². The van der Waals surface area contributed by atoms with Crippen LogP contribution in [0.5, 0.6) is 0 Å². The molecule has 186 valence electrons. The number of hydrogen-bond donors (Lipinski definition) is 1. The number of fused-ring (bicyclic) bond motifs is 1. The van der Waals surface area contributed by atoms with Crippen LogP contribution in [0.4, 0.5) is 8.78 Å². The molecule has 1 amide bonds. The van der Waals surface area contributed by atoms with E-state index >= 15 is 0 Å². The van der Waals surface area contributed by atoms with Gasteiger partial charge in [-0.3, -0.25) is 9.78 Å².